The number of carbonyl (C=O) groups excluding carboxylic acids is 2. The third kappa shape index (κ3) is 6.15. The van der Waals surface area contributed by atoms with Crippen LogP contribution in [0, 0.1) is 6.92 Å². The summed E-state index contributed by atoms with van der Waals surface area (Å²) in [5, 5.41) is 7.66. The van der Waals surface area contributed by atoms with Gasteiger partial charge in [0, 0.05) is 25.1 Å². The molecule has 7 heteroatoms. The van der Waals surface area contributed by atoms with Gasteiger partial charge in [-0.3, -0.25) is 9.59 Å². The minimum absolute atomic E-state index is 0.0279. The molecule has 0 aliphatic heterocycles. The summed E-state index contributed by atoms with van der Waals surface area (Å²) in [6.07, 6.45) is 0.762. The Morgan fingerprint density at radius 1 is 1.24 bits per heavy atom. The summed E-state index contributed by atoms with van der Waals surface area (Å²) in [7, 11) is 1.47. The number of anilines is 1. The van der Waals surface area contributed by atoms with Crippen LogP contribution in [-0.2, 0) is 19.7 Å². The molecule has 0 unspecified atom stereocenters. The highest BCUT2D eigenvalue weighted by Crippen LogP contribution is 2.26. The van der Waals surface area contributed by atoms with Gasteiger partial charge in [0.25, 0.3) is 0 Å². The van der Waals surface area contributed by atoms with Crippen molar-refractivity contribution in [3.8, 4) is 5.69 Å². The number of hydrogen-bond acceptors (Lipinski definition) is 4. The summed E-state index contributed by atoms with van der Waals surface area (Å²) in [6, 6.07) is 9.83. The summed E-state index contributed by atoms with van der Waals surface area (Å²) < 4.78 is 6.67. The van der Waals surface area contributed by atoms with E-state index in [1.54, 1.807) is 4.68 Å². The summed E-state index contributed by atoms with van der Waals surface area (Å²) in [4.78, 5) is 26.4. The van der Waals surface area contributed by atoms with Crippen LogP contribution in [0.2, 0.25) is 0 Å². The Bertz CT molecular complexity index is 852. The molecule has 0 atom stereocenters. The molecule has 7 nitrogen and oxygen atoms in total. The van der Waals surface area contributed by atoms with E-state index in [1.807, 2.05) is 44.2 Å². The first-order valence-corrected chi connectivity index (χ1v) is 9.89. The van der Waals surface area contributed by atoms with Crippen LogP contribution in [0.15, 0.2) is 30.3 Å². The Hall–Kier alpha value is -2.67. The number of ether oxygens (including phenoxy) is 1. The van der Waals surface area contributed by atoms with Gasteiger partial charge in [-0.2, -0.15) is 5.10 Å². The number of aromatic nitrogens is 2. The zero-order valence-corrected chi connectivity index (χ0v) is 18.3. The van der Waals surface area contributed by atoms with E-state index in [1.165, 1.54) is 12.0 Å². The number of methoxy groups -OCH3 is 1. The third-order valence-corrected chi connectivity index (χ3v) is 4.44. The number of carbonyl (C=O) groups is 2. The SMILES string of the molecule is CCCN(CC(=O)Nc1cc(C(C)(C)C)nn1-c1cccc(C)c1)C(=O)COC. The molecule has 2 amide bonds. The Kier molecular flexibility index (Phi) is 7.56. The number of nitrogens with zero attached hydrogens (tertiary/aromatic N) is 3. The lowest BCUT2D eigenvalue weighted by Gasteiger charge is -2.21. The van der Waals surface area contributed by atoms with Gasteiger partial charge in [0.15, 0.2) is 0 Å². The van der Waals surface area contributed by atoms with Gasteiger partial charge in [0.2, 0.25) is 11.8 Å². The van der Waals surface area contributed by atoms with Crippen LogP contribution >= 0.6 is 0 Å². The summed E-state index contributed by atoms with van der Waals surface area (Å²) >= 11 is 0. The van der Waals surface area contributed by atoms with Crippen molar-refractivity contribution in [1.29, 1.82) is 0 Å². The van der Waals surface area contributed by atoms with Crippen molar-refractivity contribution in [2.75, 3.05) is 32.1 Å². The second-order valence-electron chi connectivity index (χ2n) is 8.21. The lowest BCUT2D eigenvalue weighted by molar-refractivity contribution is -0.138. The Morgan fingerprint density at radius 3 is 2.55 bits per heavy atom. The van der Waals surface area contributed by atoms with E-state index in [4.69, 9.17) is 9.84 Å². The smallest absolute Gasteiger partial charge is 0.249 e. The molecule has 0 saturated heterocycles. The third-order valence-electron chi connectivity index (χ3n) is 4.44. The van der Waals surface area contributed by atoms with E-state index >= 15 is 0 Å². The van der Waals surface area contributed by atoms with Gasteiger partial charge in [0.1, 0.15) is 12.4 Å². The van der Waals surface area contributed by atoms with Crippen LogP contribution < -0.4 is 5.32 Å². The summed E-state index contributed by atoms with van der Waals surface area (Å²) in [5.41, 5.74) is 2.68. The zero-order valence-electron chi connectivity index (χ0n) is 18.3. The van der Waals surface area contributed by atoms with E-state index in [9.17, 15) is 9.59 Å². The zero-order chi connectivity index (χ0) is 21.6. The van der Waals surface area contributed by atoms with Crippen molar-refractivity contribution in [3.05, 3.63) is 41.6 Å². The highest BCUT2D eigenvalue weighted by atomic mass is 16.5. The van der Waals surface area contributed by atoms with Crippen LogP contribution in [0.4, 0.5) is 5.82 Å². The maximum atomic E-state index is 12.7. The van der Waals surface area contributed by atoms with Gasteiger partial charge in [-0.15, -0.1) is 0 Å². The minimum atomic E-state index is -0.267. The van der Waals surface area contributed by atoms with E-state index in [-0.39, 0.29) is 30.4 Å². The molecule has 29 heavy (non-hydrogen) atoms. The maximum absolute atomic E-state index is 12.7. The minimum Gasteiger partial charge on any atom is -0.375 e. The maximum Gasteiger partial charge on any atom is 0.249 e. The van der Waals surface area contributed by atoms with Crippen LogP contribution in [-0.4, -0.2) is 53.3 Å². The summed E-state index contributed by atoms with van der Waals surface area (Å²) in [5.74, 6) is 0.116. The molecule has 0 aliphatic carbocycles. The highest BCUT2D eigenvalue weighted by Gasteiger charge is 2.23. The molecule has 2 aromatic rings. The Morgan fingerprint density at radius 2 is 1.97 bits per heavy atom. The van der Waals surface area contributed by atoms with Crippen LogP contribution in [0.5, 0.6) is 0 Å². The van der Waals surface area contributed by atoms with E-state index in [0.717, 1.165) is 23.4 Å². The molecule has 158 valence electrons. The molecule has 1 aromatic carbocycles. The van der Waals surface area contributed by atoms with Crippen LogP contribution in [0.3, 0.4) is 0 Å². The largest absolute Gasteiger partial charge is 0.375 e. The van der Waals surface area contributed by atoms with E-state index in [0.29, 0.717) is 12.4 Å². The normalized spacial score (nSPS) is 11.4. The van der Waals surface area contributed by atoms with Gasteiger partial charge in [0.05, 0.1) is 17.9 Å². The van der Waals surface area contributed by atoms with E-state index < -0.39 is 0 Å². The second-order valence-corrected chi connectivity index (χ2v) is 8.21. The quantitative estimate of drug-likeness (QED) is 0.738. The van der Waals surface area contributed by atoms with Gasteiger partial charge >= 0.3 is 0 Å². The first-order chi connectivity index (χ1) is 13.7. The second kappa shape index (κ2) is 9.69. The molecular formula is C22H32N4O3. The average molecular weight is 401 g/mol. The Balaban J connectivity index is 2.29. The van der Waals surface area contributed by atoms with Crippen molar-refractivity contribution < 1.29 is 14.3 Å². The first kappa shape index (κ1) is 22.6. The predicted molar refractivity (Wildman–Crippen MR) is 114 cm³/mol. The number of benzene rings is 1. The van der Waals surface area contributed by atoms with Crippen molar-refractivity contribution in [2.24, 2.45) is 0 Å². The van der Waals surface area contributed by atoms with Gasteiger partial charge in [-0.25, -0.2) is 4.68 Å². The molecule has 0 bridgehead atoms. The molecule has 0 fully saturated rings. The van der Waals surface area contributed by atoms with Crippen molar-refractivity contribution >= 4 is 17.6 Å². The fourth-order valence-corrected chi connectivity index (χ4v) is 2.93. The summed E-state index contributed by atoms with van der Waals surface area (Å²) in [6.45, 7) is 10.6. The fraction of sp³-hybridized carbons (Fsp3) is 0.500. The van der Waals surface area contributed by atoms with Gasteiger partial charge in [-0.05, 0) is 31.0 Å². The molecule has 2 rings (SSSR count). The van der Waals surface area contributed by atoms with Crippen LogP contribution in [0.1, 0.15) is 45.4 Å². The molecule has 0 saturated carbocycles. The predicted octanol–water partition coefficient (Wildman–Crippen LogP) is 3.30. The molecule has 1 heterocycles. The number of amides is 2. The molecule has 1 N–H and O–H groups in total. The standard InChI is InChI=1S/C22H32N4O3/c1-7-11-25(21(28)15-29-6)14-20(27)23-19-13-18(22(3,4)5)24-26(19)17-10-8-9-16(2)12-17/h8-10,12-13H,7,11,14-15H2,1-6H3,(H,23,27). The number of rotatable bonds is 8. The number of nitrogens with one attached hydrogen (secondary N) is 1. The molecule has 0 aliphatic rings. The van der Waals surface area contributed by atoms with E-state index in [2.05, 4.69) is 26.1 Å². The molecular weight excluding hydrogens is 368 g/mol. The van der Waals surface area contributed by atoms with Crippen molar-refractivity contribution in [3.63, 3.8) is 0 Å². The molecule has 1 aromatic heterocycles. The van der Waals surface area contributed by atoms with Crippen molar-refractivity contribution in [2.45, 2.75) is 46.5 Å². The first-order valence-electron chi connectivity index (χ1n) is 9.89. The Labute approximate surface area is 173 Å². The lowest BCUT2D eigenvalue weighted by atomic mass is 9.92. The topological polar surface area (TPSA) is 76.5 Å². The van der Waals surface area contributed by atoms with Crippen LogP contribution in [0.25, 0.3) is 5.69 Å². The highest BCUT2D eigenvalue weighted by molar-refractivity contribution is 5.94. The number of hydrogen-bond donors (Lipinski definition) is 1. The number of aryl methyl sites for hydroxylation is 1. The van der Waals surface area contributed by atoms with Gasteiger partial charge < -0.3 is 15.0 Å². The fourth-order valence-electron chi connectivity index (χ4n) is 2.93. The van der Waals surface area contributed by atoms with Gasteiger partial charge in [-0.1, -0.05) is 39.8 Å². The lowest BCUT2D eigenvalue weighted by Crippen LogP contribution is -2.40. The molecule has 0 radical (unpaired) electrons. The monoisotopic (exact) mass is 400 g/mol. The van der Waals surface area contributed by atoms with Crippen molar-refractivity contribution in [1.82, 2.24) is 14.7 Å². The molecule has 0 spiro atoms. The average Bonchev–Trinajstić information content (AvgIpc) is 3.05.